The van der Waals surface area contributed by atoms with E-state index in [-0.39, 0.29) is 0 Å². The first-order valence-electron chi connectivity index (χ1n) is 7.28. The predicted molar refractivity (Wildman–Crippen MR) is 80.9 cm³/mol. The standard InChI is InChI=1S/C17H27N/c1-3-14-18(15-4-2)16-10-6-9-13-17-11-7-5-8-12-17/h5-8,10-12H,3-4,9,13-16H2,1-2H3. The summed E-state index contributed by atoms with van der Waals surface area (Å²) in [5.41, 5.74) is 1.43. The molecule has 1 aromatic rings. The largest absolute Gasteiger partial charge is 0.300 e. The van der Waals surface area contributed by atoms with Gasteiger partial charge in [0.2, 0.25) is 0 Å². The van der Waals surface area contributed by atoms with Crippen LogP contribution < -0.4 is 0 Å². The average Bonchev–Trinajstić information content (AvgIpc) is 2.40. The fourth-order valence-corrected chi connectivity index (χ4v) is 2.16. The average molecular weight is 245 g/mol. The molecule has 0 spiro atoms. The number of aryl methyl sites for hydroxylation is 1. The molecule has 0 unspecified atom stereocenters. The Balaban J connectivity index is 2.19. The predicted octanol–water partition coefficient (Wildman–Crippen LogP) is 4.30. The van der Waals surface area contributed by atoms with Crippen LogP contribution in [0.15, 0.2) is 42.5 Å². The molecule has 0 aliphatic rings. The SMILES string of the molecule is CCCN(CC=CCCc1ccccc1)CCC. The minimum Gasteiger partial charge on any atom is -0.300 e. The van der Waals surface area contributed by atoms with Crippen molar-refractivity contribution in [2.45, 2.75) is 39.5 Å². The van der Waals surface area contributed by atoms with Gasteiger partial charge < -0.3 is 0 Å². The van der Waals surface area contributed by atoms with E-state index in [2.05, 4.69) is 61.2 Å². The number of rotatable bonds is 9. The number of hydrogen-bond acceptors (Lipinski definition) is 1. The Morgan fingerprint density at radius 2 is 1.61 bits per heavy atom. The van der Waals surface area contributed by atoms with Crippen LogP contribution in [0.3, 0.4) is 0 Å². The summed E-state index contributed by atoms with van der Waals surface area (Å²) in [7, 11) is 0. The van der Waals surface area contributed by atoms with Crippen molar-refractivity contribution in [1.29, 1.82) is 0 Å². The van der Waals surface area contributed by atoms with E-state index in [0.29, 0.717) is 0 Å². The van der Waals surface area contributed by atoms with Gasteiger partial charge in [-0.25, -0.2) is 0 Å². The summed E-state index contributed by atoms with van der Waals surface area (Å²) in [5.74, 6) is 0. The number of allylic oxidation sites excluding steroid dienone is 1. The fourth-order valence-electron chi connectivity index (χ4n) is 2.16. The minimum atomic E-state index is 1.11. The maximum atomic E-state index is 2.53. The maximum absolute atomic E-state index is 2.53. The van der Waals surface area contributed by atoms with Crippen LogP contribution in [0, 0.1) is 0 Å². The summed E-state index contributed by atoms with van der Waals surface area (Å²) < 4.78 is 0. The van der Waals surface area contributed by atoms with Gasteiger partial charge in [-0.05, 0) is 44.3 Å². The summed E-state index contributed by atoms with van der Waals surface area (Å²) in [5, 5.41) is 0. The van der Waals surface area contributed by atoms with Crippen LogP contribution in [-0.4, -0.2) is 24.5 Å². The van der Waals surface area contributed by atoms with Crippen molar-refractivity contribution < 1.29 is 0 Å². The zero-order chi connectivity index (χ0) is 13.1. The van der Waals surface area contributed by atoms with Crippen molar-refractivity contribution >= 4 is 0 Å². The topological polar surface area (TPSA) is 3.24 Å². The van der Waals surface area contributed by atoms with Gasteiger partial charge in [-0.2, -0.15) is 0 Å². The van der Waals surface area contributed by atoms with Crippen molar-refractivity contribution in [2.24, 2.45) is 0 Å². The molecule has 100 valence electrons. The van der Waals surface area contributed by atoms with Crippen molar-refractivity contribution in [2.75, 3.05) is 19.6 Å². The highest BCUT2D eigenvalue weighted by atomic mass is 15.1. The lowest BCUT2D eigenvalue weighted by atomic mass is 10.1. The Kier molecular flexibility index (Phi) is 8.24. The second-order valence-electron chi connectivity index (χ2n) is 4.80. The highest BCUT2D eigenvalue weighted by Gasteiger charge is 1.98. The highest BCUT2D eigenvalue weighted by molar-refractivity contribution is 5.15. The molecule has 0 amide bonds. The number of nitrogens with zero attached hydrogens (tertiary/aromatic N) is 1. The summed E-state index contributed by atoms with van der Waals surface area (Å²) in [6.07, 6.45) is 9.45. The zero-order valence-corrected chi connectivity index (χ0v) is 11.9. The maximum Gasteiger partial charge on any atom is 0.0163 e. The van der Waals surface area contributed by atoms with E-state index < -0.39 is 0 Å². The molecule has 0 heterocycles. The van der Waals surface area contributed by atoms with Crippen LogP contribution in [0.25, 0.3) is 0 Å². The van der Waals surface area contributed by atoms with Gasteiger partial charge in [0.1, 0.15) is 0 Å². The van der Waals surface area contributed by atoms with E-state index in [1.807, 2.05) is 0 Å². The van der Waals surface area contributed by atoms with Crippen LogP contribution in [0.4, 0.5) is 0 Å². The molecule has 0 N–H and O–H groups in total. The summed E-state index contributed by atoms with van der Waals surface area (Å²) in [6, 6.07) is 10.7. The molecule has 1 nitrogen and oxygen atoms in total. The summed E-state index contributed by atoms with van der Waals surface area (Å²) >= 11 is 0. The first-order chi connectivity index (χ1) is 8.86. The van der Waals surface area contributed by atoms with E-state index in [4.69, 9.17) is 0 Å². The molecule has 1 rings (SSSR count). The Morgan fingerprint density at radius 3 is 2.22 bits per heavy atom. The second kappa shape index (κ2) is 9.90. The van der Waals surface area contributed by atoms with E-state index in [1.165, 1.54) is 31.5 Å². The summed E-state index contributed by atoms with van der Waals surface area (Å²) in [6.45, 7) is 8.05. The van der Waals surface area contributed by atoms with Crippen LogP contribution in [0.2, 0.25) is 0 Å². The normalized spacial score (nSPS) is 11.5. The van der Waals surface area contributed by atoms with Gasteiger partial charge in [0.05, 0.1) is 0 Å². The van der Waals surface area contributed by atoms with Gasteiger partial charge in [-0.3, -0.25) is 4.90 Å². The van der Waals surface area contributed by atoms with Crippen LogP contribution in [0.1, 0.15) is 38.7 Å². The molecule has 0 aromatic heterocycles. The molecule has 0 saturated heterocycles. The van der Waals surface area contributed by atoms with Gasteiger partial charge in [0.25, 0.3) is 0 Å². The van der Waals surface area contributed by atoms with Gasteiger partial charge in [-0.15, -0.1) is 0 Å². The Labute approximate surface area is 113 Å². The van der Waals surface area contributed by atoms with E-state index in [0.717, 1.165) is 19.4 Å². The monoisotopic (exact) mass is 245 g/mol. The second-order valence-corrected chi connectivity index (χ2v) is 4.80. The van der Waals surface area contributed by atoms with Gasteiger partial charge in [-0.1, -0.05) is 56.3 Å². The van der Waals surface area contributed by atoms with Gasteiger partial charge >= 0.3 is 0 Å². The molecule has 0 bridgehead atoms. The molecular formula is C17H27N. The quantitative estimate of drug-likeness (QED) is 0.586. The third-order valence-electron chi connectivity index (χ3n) is 3.05. The molecule has 1 heteroatoms. The third-order valence-corrected chi connectivity index (χ3v) is 3.05. The molecule has 18 heavy (non-hydrogen) atoms. The Hall–Kier alpha value is -1.08. The number of benzene rings is 1. The molecule has 0 fully saturated rings. The van der Waals surface area contributed by atoms with Crippen molar-refractivity contribution in [3.05, 3.63) is 48.0 Å². The van der Waals surface area contributed by atoms with Crippen LogP contribution in [-0.2, 0) is 6.42 Å². The van der Waals surface area contributed by atoms with E-state index in [9.17, 15) is 0 Å². The summed E-state index contributed by atoms with van der Waals surface area (Å²) in [4.78, 5) is 2.53. The minimum absolute atomic E-state index is 1.11. The molecule has 0 radical (unpaired) electrons. The molecule has 1 aromatic carbocycles. The first kappa shape index (κ1) is 15.0. The first-order valence-corrected chi connectivity index (χ1v) is 7.28. The molecular weight excluding hydrogens is 218 g/mol. The van der Waals surface area contributed by atoms with Crippen molar-refractivity contribution in [1.82, 2.24) is 4.90 Å². The van der Waals surface area contributed by atoms with Crippen LogP contribution >= 0.6 is 0 Å². The zero-order valence-electron chi connectivity index (χ0n) is 11.9. The highest BCUT2D eigenvalue weighted by Crippen LogP contribution is 2.03. The smallest absolute Gasteiger partial charge is 0.0163 e. The van der Waals surface area contributed by atoms with E-state index in [1.54, 1.807) is 0 Å². The van der Waals surface area contributed by atoms with Crippen molar-refractivity contribution in [3.63, 3.8) is 0 Å². The van der Waals surface area contributed by atoms with E-state index >= 15 is 0 Å². The van der Waals surface area contributed by atoms with Gasteiger partial charge in [0.15, 0.2) is 0 Å². The fraction of sp³-hybridized carbons (Fsp3) is 0.529. The number of hydrogen-bond donors (Lipinski definition) is 0. The molecule has 0 atom stereocenters. The molecule has 0 aliphatic carbocycles. The molecule has 0 saturated carbocycles. The van der Waals surface area contributed by atoms with Crippen molar-refractivity contribution in [3.8, 4) is 0 Å². The lowest BCUT2D eigenvalue weighted by molar-refractivity contribution is 0.303. The lowest BCUT2D eigenvalue weighted by Crippen LogP contribution is -2.25. The van der Waals surface area contributed by atoms with Gasteiger partial charge in [0, 0.05) is 6.54 Å². The Morgan fingerprint density at radius 1 is 0.944 bits per heavy atom. The lowest BCUT2D eigenvalue weighted by Gasteiger charge is -2.18. The molecule has 0 aliphatic heterocycles. The Bertz CT molecular complexity index is 310. The third kappa shape index (κ3) is 6.61. The van der Waals surface area contributed by atoms with Crippen LogP contribution in [0.5, 0.6) is 0 Å².